The average Bonchev–Trinajstić information content (AvgIpc) is 2.69. The first kappa shape index (κ1) is 24.1. The van der Waals surface area contributed by atoms with Crippen molar-refractivity contribution in [2.45, 2.75) is 32.7 Å². The van der Waals surface area contributed by atoms with Gasteiger partial charge in [0.2, 0.25) is 5.91 Å². The van der Waals surface area contributed by atoms with Crippen LogP contribution in [-0.2, 0) is 14.3 Å². The highest BCUT2D eigenvalue weighted by atomic mass is 79.9. The fourth-order valence-electron chi connectivity index (χ4n) is 2.88. The largest absolute Gasteiger partial charge is 0.496 e. The lowest BCUT2D eigenvalue weighted by Crippen LogP contribution is -2.60. The van der Waals surface area contributed by atoms with Crippen LogP contribution in [-0.4, -0.2) is 60.6 Å². The molecule has 1 aliphatic rings. The molecule has 1 unspecified atom stereocenters. The Hall–Kier alpha value is -2.20. The van der Waals surface area contributed by atoms with E-state index < -0.39 is 17.9 Å². The van der Waals surface area contributed by atoms with Crippen LogP contribution in [0.15, 0.2) is 22.7 Å². The topological polar surface area (TPSA) is 97.0 Å². The van der Waals surface area contributed by atoms with Gasteiger partial charge in [0.1, 0.15) is 11.8 Å². The maximum atomic E-state index is 12.7. The molecule has 0 saturated carbocycles. The summed E-state index contributed by atoms with van der Waals surface area (Å²) < 4.78 is 11.2. The van der Waals surface area contributed by atoms with E-state index in [9.17, 15) is 14.4 Å². The quantitative estimate of drug-likeness (QED) is 0.438. The van der Waals surface area contributed by atoms with Crippen molar-refractivity contribution in [2.75, 3.05) is 26.8 Å². The van der Waals surface area contributed by atoms with Crippen LogP contribution in [0.1, 0.15) is 37.0 Å². The molecule has 1 aliphatic heterocycles. The van der Waals surface area contributed by atoms with Crippen molar-refractivity contribution in [1.82, 2.24) is 15.5 Å². The summed E-state index contributed by atoms with van der Waals surface area (Å²) in [7, 11) is 1.47. The van der Waals surface area contributed by atoms with Crippen LogP contribution < -0.4 is 15.4 Å². The van der Waals surface area contributed by atoms with E-state index in [0.717, 1.165) is 6.42 Å². The molecule has 164 valence electrons. The Labute approximate surface area is 189 Å². The second-order valence-corrected chi connectivity index (χ2v) is 8.51. The minimum Gasteiger partial charge on any atom is -0.496 e. The minimum absolute atomic E-state index is 0.0665. The van der Waals surface area contributed by atoms with Gasteiger partial charge in [0.25, 0.3) is 5.91 Å². The van der Waals surface area contributed by atoms with E-state index in [1.807, 2.05) is 13.8 Å². The van der Waals surface area contributed by atoms with Gasteiger partial charge in [-0.2, -0.15) is 0 Å². The molecule has 1 aromatic carbocycles. The fraction of sp³-hybridized carbons (Fsp3) is 0.500. The molecular formula is C20H26BrN3O5S. The number of amides is 2. The maximum Gasteiger partial charge on any atom is 0.308 e. The predicted octanol–water partition coefficient (Wildman–Crippen LogP) is 2.25. The number of rotatable bonds is 7. The molecule has 2 amide bonds. The number of ether oxygens (including phenoxy) is 2. The van der Waals surface area contributed by atoms with Gasteiger partial charge in [-0.1, -0.05) is 29.8 Å². The van der Waals surface area contributed by atoms with Crippen LogP contribution in [0.5, 0.6) is 5.75 Å². The van der Waals surface area contributed by atoms with E-state index in [4.69, 9.17) is 21.7 Å². The highest BCUT2D eigenvalue weighted by Crippen LogP contribution is 2.23. The summed E-state index contributed by atoms with van der Waals surface area (Å²) in [4.78, 5) is 38.8. The second-order valence-electron chi connectivity index (χ2n) is 7.21. The van der Waals surface area contributed by atoms with Crippen molar-refractivity contribution in [3.8, 4) is 5.75 Å². The van der Waals surface area contributed by atoms with Crippen LogP contribution in [0.2, 0.25) is 0 Å². The Bertz CT molecular complexity index is 818. The highest BCUT2D eigenvalue weighted by Gasteiger charge is 2.34. The molecule has 30 heavy (non-hydrogen) atoms. The monoisotopic (exact) mass is 499 g/mol. The Morgan fingerprint density at radius 1 is 1.40 bits per heavy atom. The number of hydrogen-bond donors (Lipinski definition) is 2. The smallest absolute Gasteiger partial charge is 0.308 e. The van der Waals surface area contributed by atoms with Gasteiger partial charge < -0.3 is 19.7 Å². The standard InChI is InChI=1S/C20H26BrN3O5S/c1-12(2)6-9-29-17(25)11-15-19(27)22-7-8-24(15)20(30)23-18(26)14-10-13(21)4-5-16(14)28-3/h4-5,10,12,15H,6-9,11H2,1-3H3,(H,22,27)(H,23,26,30). The number of methoxy groups -OCH3 is 1. The van der Waals surface area contributed by atoms with Gasteiger partial charge in [-0.3, -0.25) is 19.7 Å². The summed E-state index contributed by atoms with van der Waals surface area (Å²) in [5.74, 6) is -0.489. The van der Waals surface area contributed by atoms with E-state index in [-0.39, 0.29) is 17.4 Å². The third-order valence-electron chi connectivity index (χ3n) is 4.54. The van der Waals surface area contributed by atoms with Gasteiger partial charge in [0, 0.05) is 17.6 Å². The molecule has 0 aliphatic carbocycles. The number of esters is 1. The van der Waals surface area contributed by atoms with Crippen molar-refractivity contribution < 1.29 is 23.9 Å². The lowest BCUT2D eigenvalue weighted by Gasteiger charge is -2.36. The molecule has 1 fully saturated rings. The molecule has 0 spiro atoms. The molecule has 1 aromatic rings. The molecule has 2 rings (SSSR count). The van der Waals surface area contributed by atoms with Gasteiger partial charge in [-0.15, -0.1) is 0 Å². The Morgan fingerprint density at radius 3 is 2.80 bits per heavy atom. The Balaban J connectivity index is 2.06. The van der Waals surface area contributed by atoms with E-state index in [1.54, 1.807) is 23.1 Å². The number of thiocarbonyl (C=S) groups is 1. The van der Waals surface area contributed by atoms with Crippen LogP contribution in [0.25, 0.3) is 0 Å². The second kappa shape index (κ2) is 11.3. The molecular weight excluding hydrogens is 474 g/mol. The molecule has 1 atom stereocenters. The normalized spacial score (nSPS) is 16.1. The van der Waals surface area contributed by atoms with Crippen molar-refractivity contribution in [3.05, 3.63) is 28.2 Å². The Kier molecular flexibility index (Phi) is 9.04. The van der Waals surface area contributed by atoms with Gasteiger partial charge >= 0.3 is 5.97 Å². The molecule has 0 bridgehead atoms. The lowest BCUT2D eigenvalue weighted by atomic mass is 10.1. The molecule has 1 heterocycles. The third kappa shape index (κ3) is 6.66. The van der Waals surface area contributed by atoms with Gasteiger partial charge in [0.05, 0.1) is 25.7 Å². The number of nitrogens with zero attached hydrogens (tertiary/aromatic N) is 1. The maximum absolute atomic E-state index is 12.7. The highest BCUT2D eigenvalue weighted by molar-refractivity contribution is 9.10. The van der Waals surface area contributed by atoms with Crippen molar-refractivity contribution in [1.29, 1.82) is 0 Å². The zero-order chi connectivity index (χ0) is 22.3. The summed E-state index contributed by atoms with van der Waals surface area (Å²) >= 11 is 8.70. The fourth-order valence-corrected chi connectivity index (χ4v) is 3.55. The molecule has 10 heteroatoms. The van der Waals surface area contributed by atoms with Crippen LogP contribution in [0.4, 0.5) is 0 Å². The van der Waals surface area contributed by atoms with E-state index in [2.05, 4.69) is 26.6 Å². The van der Waals surface area contributed by atoms with Gasteiger partial charge in [-0.25, -0.2) is 0 Å². The molecule has 1 saturated heterocycles. The van der Waals surface area contributed by atoms with E-state index in [0.29, 0.717) is 41.4 Å². The summed E-state index contributed by atoms with van der Waals surface area (Å²) in [6.07, 6.45) is 0.593. The lowest BCUT2D eigenvalue weighted by molar-refractivity contribution is -0.147. The minimum atomic E-state index is -0.845. The SMILES string of the molecule is COc1ccc(Br)cc1C(=O)NC(=S)N1CCNC(=O)C1CC(=O)OCCC(C)C. The number of carbonyl (C=O) groups excluding carboxylic acids is 3. The number of hydrogen-bond acceptors (Lipinski definition) is 6. The number of benzene rings is 1. The first-order valence-electron chi connectivity index (χ1n) is 9.61. The molecule has 8 nitrogen and oxygen atoms in total. The van der Waals surface area contributed by atoms with Crippen LogP contribution in [0.3, 0.4) is 0 Å². The number of nitrogens with one attached hydrogen (secondary N) is 2. The van der Waals surface area contributed by atoms with Crippen LogP contribution in [0, 0.1) is 5.92 Å². The molecule has 2 N–H and O–H groups in total. The van der Waals surface area contributed by atoms with Gasteiger partial charge in [0.15, 0.2) is 5.11 Å². The third-order valence-corrected chi connectivity index (χ3v) is 5.37. The summed E-state index contributed by atoms with van der Waals surface area (Å²) in [5.41, 5.74) is 0.292. The first-order valence-corrected chi connectivity index (χ1v) is 10.8. The van der Waals surface area contributed by atoms with Gasteiger partial charge in [-0.05, 0) is 42.8 Å². The number of carbonyl (C=O) groups is 3. The summed E-state index contributed by atoms with van der Waals surface area (Å²) in [5, 5.41) is 5.42. The van der Waals surface area contributed by atoms with Crippen molar-refractivity contribution in [3.63, 3.8) is 0 Å². The number of piperazine rings is 1. The molecule has 0 aromatic heterocycles. The Morgan fingerprint density at radius 2 is 2.13 bits per heavy atom. The van der Waals surface area contributed by atoms with Crippen LogP contribution >= 0.6 is 28.1 Å². The summed E-state index contributed by atoms with van der Waals surface area (Å²) in [6, 6.07) is 4.18. The zero-order valence-electron chi connectivity index (χ0n) is 17.2. The zero-order valence-corrected chi connectivity index (χ0v) is 19.6. The summed E-state index contributed by atoms with van der Waals surface area (Å²) in [6.45, 7) is 5.09. The average molecular weight is 500 g/mol. The van der Waals surface area contributed by atoms with E-state index in [1.165, 1.54) is 7.11 Å². The van der Waals surface area contributed by atoms with Crippen molar-refractivity contribution >= 4 is 51.0 Å². The van der Waals surface area contributed by atoms with E-state index >= 15 is 0 Å². The molecule has 0 radical (unpaired) electrons. The number of halogens is 1. The first-order chi connectivity index (χ1) is 14.2. The predicted molar refractivity (Wildman–Crippen MR) is 119 cm³/mol. The van der Waals surface area contributed by atoms with Crippen molar-refractivity contribution in [2.24, 2.45) is 5.92 Å².